The second-order valence-electron chi connectivity index (χ2n) is 8.20. The Labute approximate surface area is 201 Å². The van der Waals surface area contributed by atoms with Crippen LogP contribution >= 0.6 is 0 Å². The van der Waals surface area contributed by atoms with Crippen molar-refractivity contribution in [1.82, 2.24) is 10.2 Å². The molecular weight excluding hydrogens is 428 g/mol. The number of nitrogens with one attached hydrogen (secondary N) is 1. The second kappa shape index (κ2) is 12.4. The lowest BCUT2D eigenvalue weighted by molar-refractivity contribution is -0.130. The molecule has 0 heterocycles. The van der Waals surface area contributed by atoms with Crippen molar-refractivity contribution in [3.05, 3.63) is 95.6 Å². The van der Waals surface area contributed by atoms with E-state index in [-0.39, 0.29) is 31.1 Å². The fourth-order valence-electron chi connectivity index (χ4n) is 3.55. The van der Waals surface area contributed by atoms with Gasteiger partial charge in [-0.3, -0.25) is 9.59 Å². The average molecular weight is 461 g/mol. The number of carbonyl (C=O) groups is 2. The highest BCUT2D eigenvalue weighted by Crippen LogP contribution is 2.27. The van der Waals surface area contributed by atoms with Gasteiger partial charge in [0.15, 0.2) is 13.2 Å². The Kier molecular flexibility index (Phi) is 9.09. The molecule has 0 aliphatic carbocycles. The van der Waals surface area contributed by atoms with Gasteiger partial charge in [0.25, 0.3) is 11.8 Å². The summed E-state index contributed by atoms with van der Waals surface area (Å²) in [6.45, 7) is 1.84. The molecule has 0 radical (unpaired) electrons. The van der Waals surface area contributed by atoms with Gasteiger partial charge in [0.2, 0.25) is 0 Å². The zero-order valence-corrected chi connectivity index (χ0v) is 20.0. The third-order valence-corrected chi connectivity index (χ3v) is 5.46. The normalized spacial score (nSPS) is 11.4. The number of carbonyl (C=O) groups excluding carboxylic acids is 2. The van der Waals surface area contributed by atoms with Crippen LogP contribution in [-0.2, 0) is 16.0 Å². The zero-order chi connectivity index (χ0) is 24.3. The van der Waals surface area contributed by atoms with Gasteiger partial charge in [0.1, 0.15) is 11.5 Å². The predicted octanol–water partition coefficient (Wildman–Crippen LogP) is 4.39. The minimum atomic E-state index is -0.263. The molecule has 3 aromatic rings. The minimum Gasteiger partial charge on any atom is -0.483 e. The molecule has 0 aliphatic rings. The average Bonchev–Trinajstić information content (AvgIpc) is 2.86. The molecule has 2 amide bonds. The summed E-state index contributed by atoms with van der Waals surface area (Å²) in [4.78, 5) is 26.2. The van der Waals surface area contributed by atoms with Crippen LogP contribution in [0.25, 0.3) is 0 Å². The highest BCUT2D eigenvalue weighted by Gasteiger charge is 2.18. The molecule has 0 aromatic heterocycles. The number of nitrogens with zero attached hydrogens (tertiary/aromatic N) is 1. The van der Waals surface area contributed by atoms with E-state index in [0.717, 1.165) is 17.5 Å². The van der Waals surface area contributed by atoms with Gasteiger partial charge in [0.05, 0.1) is 6.04 Å². The Hall–Kier alpha value is -3.80. The van der Waals surface area contributed by atoms with E-state index >= 15 is 0 Å². The number of para-hydroxylation sites is 2. The Morgan fingerprint density at radius 1 is 0.824 bits per heavy atom. The maximum absolute atomic E-state index is 12.8. The first-order valence-electron chi connectivity index (χ1n) is 11.4. The maximum atomic E-state index is 12.8. The Bertz CT molecular complexity index is 1080. The fourth-order valence-corrected chi connectivity index (χ4v) is 3.55. The largest absolute Gasteiger partial charge is 0.483 e. The van der Waals surface area contributed by atoms with Gasteiger partial charge >= 0.3 is 0 Å². The quantitative estimate of drug-likeness (QED) is 0.461. The molecule has 3 rings (SSSR count). The first-order chi connectivity index (χ1) is 16.5. The van der Waals surface area contributed by atoms with Crippen LogP contribution in [-0.4, -0.2) is 44.0 Å². The lowest BCUT2D eigenvalue weighted by atomic mass is 10.0. The standard InChI is InChI=1S/C28H32N2O4/c1-4-24(23-15-9-11-17-26(23)34-20-28(32)30(2)3)29-27(31)19-33-25-16-10-8-14-22(25)18-21-12-6-5-7-13-21/h5-17,24H,4,18-20H2,1-3H3,(H,29,31). The van der Waals surface area contributed by atoms with E-state index in [0.29, 0.717) is 17.9 Å². The summed E-state index contributed by atoms with van der Waals surface area (Å²) >= 11 is 0. The van der Waals surface area contributed by atoms with Crippen LogP contribution in [0, 0.1) is 0 Å². The number of hydrogen-bond acceptors (Lipinski definition) is 4. The van der Waals surface area contributed by atoms with Crippen LogP contribution in [0.1, 0.15) is 36.1 Å². The molecule has 6 nitrogen and oxygen atoms in total. The summed E-state index contributed by atoms with van der Waals surface area (Å²) in [6, 6.07) is 25.1. The molecule has 178 valence electrons. The number of likely N-dealkylation sites (N-methyl/N-ethyl adjacent to an activating group) is 1. The molecule has 0 saturated heterocycles. The zero-order valence-electron chi connectivity index (χ0n) is 20.0. The predicted molar refractivity (Wildman–Crippen MR) is 133 cm³/mol. The van der Waals surface area contributed by atoms with E-state index in [1.165, 1.54) is 10.5 Å². The Balaban J connectivity index is 1.62. The Morgan fingerprint density at radius 3 is 2.15 bits per heavy atom. The van der Waals surface area contributed by atoms with Gasteiger partial charge in [-0.1, -0.05) is 73.7 Å². The lowest BCUT2D eigenvalue weighted by Crippen LogP contribution is -2.33. The molecule has 1 unspecified atom stereocenters. The second-order valence-corrected chi connectivity index (χ2v) is 8.20. The SMILES string of the molecule is CCC(NC(=O)COc1ccccc1Cc1ccccc1)c1ccccc1OCC(=O)N(C)C. The van der Waals surface area contributed by atoms with Crippen molar-refractivity contribution in [2.75, 3.05) is 27.3 Å². The maximum Gasteiger partial charge on any atom is 0.259 e. The van der Waals surface area contributed by atoms with E-state index in [4.69, 9.17) is 9.47 Å². The number of benzene rings is 3. The van der Waals surface area contributed by atoms with Gasteiger partial charge in [-0.2, -0.15) is 0 Å². The molecular formula is C28H32N2O4. The van der Waals surface area contributed by atoms with Crippen molar-refractivity contribution in [1.29, 1.82) is 0 Å². The topological polar surface area (TPSA) is 67.9 Å². The van der Waals surface area contributed by atoms with Crippen molar-refractivity contribution < 1.29 is 19.1 Å². The number of hydrogen-bond donors (Lipinski definition) is 1. The molecule has 0 spiro atoms. The summed E-state index contributed by atoms with van der Waals surface area (Å²) in [6.07, 6.45) is 1.39. The number of ether oxygens (including phenoxy) is 2. The molecule has 0 saturated carbocycles. The van der Waals surface area contributed by atoms with Crippen LogP contribution in [0.4, 0.5) is 0 Å². The summed E-state index contributed by atoms with van der Waals surface area (Å²) in [5, 5.41) is 3.03. The van der Waals surface area contributed by atoms with Gasteiger partial charge < -0.3 is 19.7 Å². The van der Waals surface area contributed by atoms with Crippen LogP contribution in [0.2, 0.25) is 0 Å². The van der Waals surface area contributed by atoms with Crippen molar-refractivity contribution >= 4 is 11.8 Å². The first kappa shape index (κ1) is 24.8. The monoisotopic (exact) mass is 460 g/mol. The van der Waals surface area contributed by atoms with E-state index in [1.54, 1.807) is 14.1 Å². The molecule has 3 aromatic carbocycles. The third-order valence-electron chi connectivity index (χ3n) is 5.46. The van der Waals surface area contributed by atoms with Crippen molar-refractivity contribution in [2.24, 2.45) is 0 Å². The van der Waals surface area contributed by atoms with Gasteiger partial charge in [-0.15, -0.1) is 0 Å². The Morgan fingerprint density at radius 2 is 1.44 bits per heavy atom. The molecule has 0 fully saturated rings. The van der Waals surface area contributed by atoms with Crippen LogP contribution in [0.5, 0.6) is 11.5 Å². The van der Waals surface area contributed by atoms with E-state index in [2.05, 4.69) is 17.4 Å². The van der Waals surface area contributed by atoms with Gasteiger partial charge in [0, 0.05) is 26.1 Å². The van der Waals surface area contributed by atoms with E-state index in [1.807, 2.05) is 73.7 Å². The number of amides is 2. The highest BCUT2D eigenvalue weighted by atomic mass is 16.5. The summed E-state index contributed by atoms with van der Waals surface area (Å²) in [5.41, 5.74) is 3.03. The highest BCUT2D eigenvalue weighted by molar-refractivity contribution is 5.78. The molecule has 1 atom stereocenters. The van der Waals surface area contributed by atoms with Gasteiger partial charge in [-0.05, 0) is 29.7 Å². The van der Waals surface area contributed by atoms with Crippen LogP contribution in [0.3, 0.4) is 0 Å². The fraction of sp³-hybridized carbons (Fsp3) is 0.286. The first-order valence-corrected chi connectivity index (χ1v) is 11.4. The van der Waals surface area contributed by atoms with E-state index in [9.17, 15) is 9.59 Å². The lowest BCUT2D eigenvalue weighted by Gasteiger charge is -2.21. The summed E-state index contributed by atoms with van der Waals surface area (Å²) in [5.74, 6) is 0.925. The molecule has 0 bridgehead atoms. The van der Waals surface area contributed by atoms with Gasteiger partial charge in [-0.25, -0.2) is 0 Å². The minimum absolute atomic E-state index is 0.0598. The van der Waals surface area contributed by atoms with Crippen LogP contribution in [0.15, 0.2) is 78.9 Å². The summed E-state index contributed by atoms with van der Waals surface area (Å²) in [7, 11) is 3.37. The van der Waals surface area contributed by atoms with Crippen molar-refractivity contribution in [3.8, 4) is 11.5 Å². The van der Waals surface area contributed by atoms with Crippen molar-refractivity contribution in [2.45, 2.75) is 25.8 Å². The molecule has 1 N–H and O–H groups in total. The number of rotatable bonds is 11. The third kappa shape index (κ3) is 7.10. The summed E-state index contributed by atoms with van der Waals surface area (Å²) < 4.78 is 11.6. The molecule has 6 heteroatoms. The molecule has 0 aliphatic heterocycles. The van der Waals surface area contributed by atoms with Crippen molar-refractivity contribution in [3.63, 3.8) is 0 Å². The van der Waals surface area contributed by atoms with E-state index < -0.39 is 0 Å². The van der Waals surface area contributed by atoms with Crippen LogP contribution < -0.4 is 14.8 Å². The molecule has 34 heavy (non-hydrogen) atoms. The smallest absolute Gasteiger partial charge is 0.259 e.